The molecule has 8 nitrogen and oxygen atoms in total. The van der Waals surface area contributed by atoms with Crippen molar-refractivity contribution < 1.29 is 38.0 Å². The largest absolute Gasteiger partial charge is 0.493 e. The van der Waals surface area contributed by atoms with Gasteiger partial charge in [-0.2, -0.15) is 0 Å². The van der Waals surface area contributed by atoms with Gasteiger partial charge in [0.2, 0.25) is 5.75 Å². The predicted molar refractivity (Wildman–Crippen MR) is 164 cm³/mol. The number of benzene rings is 3. The monoisotopic (exact) mass is 622 g/mol. The van der Waals surface area contributed by atoms with Gasteiger partial charge in [-0.1, -0.05) is 24.3 Å². The van der Waals surface area contributed by atoms with Crippen molar-refractivity contribution in [2.45, 2.75) is 37.3 Å². The maximum atomic E-state index is 13.6. The highest BCUT2D eigenvalue weighted by Crippen LogP contribution is 2.38. The molecule has 1 aliphatic heterocycles. The Morgan fingerprint density at radius 1 is 0.907 bits per heavy atom. The molecule has 0 aliphatic carbocycles. The number of hydrogen-bond donors (Lipinski definition) is 1. The third-order valence-corrected chi connectivity index (χ3v) is 7.70. The SMILES string of the molecule is COc1cc(C(=O)NC2CCN(CCCC(c3ccc(F)cc3)c3ccc(F)cc3)CC2OC)cc(OC)c1OC.Cl.O. The van der Waals surface area contributed by atoms with E-state index in [0.29, 0.717) is 29.4 Å². The highest BCUT2D eigenvalue weighted by molar-refractivity contribution is 5.95. The molecule has 0 aromatic heterocycles. The lowest BCUT2D eigenvalue weighted by Crippen LogP contribution is -2.54. The van der Waals surface area contributed by atoms with Crippen LogP contribution in [0.2, 0.25) is 0 Å². The zero-order chi connectivity index (χ0) is 29.4. The summed E-state index contributed by atoms with van der Waals surface area (Å²) in [6, 6.07) is 16.2. The predicted octanol–water partition coefficient (Wildman–Crippen LogP) is 5.02. The quantitative estimate of drug-likeness (QED) is 0.305. The molecule has 11 heteroatoms. The number of carbonyl (C=O) groups is 1. The smallest absolute Gasteiger partial charge is 0.251 e. The Kier molecular flexibility index (Phi) is 14.1. The second-order valence-corrected chi connectivity index (χ2v) is 10.2. The molecule has 3 aromatic rings. The molecule has 236 valence electrons. The van der Waals surface area contributed by atoms with Crippen LogP contribution in [0.5, 0.6) is 17.2 Å². The number of methoxy groups -OCH3 is 4. The van der Waals surface area contributed by atoms with Crippen molar-refractivity contribution in [2.24, 2.45) is 0 Å². The van der Waals surface area contributed by atoms with Crippen molar-refractivity contribution in [1.82, 2.24) is 10.2 Å². The first-order chi connectivity index (χ1) is 19.9. The number of nitrogens with zero attached hydrogens (tertiary/aromatic N) is 1. The van der Waals surface area contributed by atoms with E-state index >= 15 is 0 Å². The van der Waals surface area contributed by atoms with Crippen LogP contribution < -0.4 is 19.5 Å². The summed E-state index contributed by atoms with van der Waals surface area (Å²) in [5, 5.41) is 3.12. The fourth-order valence-corrected chi connectivity index (χ4v) is 5.49. The molecule has 0 radical (unpaired) electrons. The highest BCUT2D eigenvalue weighted by Gasteiger charge is 2.31. The molecule has 0 spiro atoms. The second kappa shape index (κ2) is 17.0. The van der Waals surface area contributed by atoms with Crippen LogP contribution in [0, 0.1) is 11.6 Å². The summed E-state index contributed by atoms with van der Waals surface area (Å²) in [4.78, 5) is 15.5. The number of amides is 1. The zero-order valence-electron chi connectivity index (χ0n) is 24.9. The summed E-state index contributed by atoms with van der Waals surface area (Å²) in [6.45, 7) is 2.32. The summed E-state index contributed by atoms with van der Waals surface area (Å²) in [6.07, 6.45) is 2.26. The van der Waals surface area contributed by atoms with E-state index in [4.69, 9.17) is 18.9 Å². The maximum Gasteiger partial charge on any atom is 0.251 e. The molecule has 1 amide bonds. The molecular weight excluding hydrogens is 582 g/mol. The lowest BCUT2D eigenvalue weighted by molar-refractivity contribution is 0.00596. The molecule has 1 heterocycles. The molecule has 1 saturated heterocycles. The topological polar surface area (TPSA) is 101 Å². The Hall–Kier alpha value is -3.44. The minimum absolute atomic E-state index is 0. The van der Waals surface area contributed by atoms with Gasteiger partial charge >= 0.3 is 0 Å². The standard InChI is InChI=1S/C32H38F2N2O5.ClH.H2O/c1-38-28-18-23(19-29(39-2)31(28)41-4)32(37)35-27-15-17-36(20-30(27)40-3)16-5-6-26(21-7-11-24(33)12-8-21)22-9-13-25(34)14-10-22;;/h7-14,18-19,26-27,30H,5-6,15-17,20H2,1-4H3,(H,35,37);1H;1H2. The van der Waals surface area contributed by atoms with E-state index in [9.17, 15) is 13.6 Å². The number of rotatable bonds is 12. The number of ether oxygens (including phenoxy) is 4. The Morgan fingerprint density at radius 3 is 1.91 bits per heavy atom. The van der Waals surface area contributed by atoms with Crippen molar-refractivity contribution in [3.8, 4) is 17.2 Å². The van der Waals surface area contributed by atoms with E-state index < -0.39 is 0 Å². The minimum atomic E-state index is -0.280. The molecule has 3 aromatic carbocycles. The fourth-order valence-electron chi connectivity index (χ4n) is 5.49. The van der Waals surface area contributed by atoms with Gasteiger partial charge in [-0.15, -0.1) is 12.4 Å². The van der Waals surface area contributed by atoms with E-state index in [1.54, 1.807) is 43.5 Å². The average molecular weight is 623 g/mol. The summed E-state index contributed by atoms with van der Waals surface area (Å²) >= 11 is 0. The molecule has 0 saturated carbocycles. The number of hydrogen-bond acceptors (Lipinski definition) is 6. The van der Waals surface area contributed by atoms with Gasteiger partial charge in [-0.3, -0.25) is 4.79 Å². The zero-order valence-corrected chi connectivity index (χ0v) is 25.7. The fraction of sp³-hybridized carbons (Fsp3) is 0.406. The Balaban J connectivity index is 0.00000323. The van der Waals surface area contributed by atoms with Gasteiger partial charge in [0.1, 0.15) is 11.6 Å². The van der Waals surface area contributed by atoms with Crippen LogP contribution in [0.15, 0.2) is 60.7 Å². The van der Waals surface area contributed by atoms with Crippen LogP contribution in [-0.2, 0) is 4.74 Å². The normalized spacial score (nSPS) is 16.5. The second-order valence-electron chi connectivity index (χ2n) is 10.2. The van der Waals surface area contributed by atoms with E-state index in [0.717, 1.165) is 43.5 Å². The van der Waals surface area contributed by atoms with Crippen molar-refractivity contribution in [3.63, 3.8) is 0 Å². The van der Waals surface area contributed by atoms with Crippen LogP contribution in [0.3, 0.4) is 0 Å². The molecule has 2 unspecified atom stereocenters. The first-order valence-corrected chi connectivity index (χ1v) is 13.7. The Morgan fingerprint density at radius 2 is 1.44 bits per heavy atom. The van der Waals surface area contributed by atoms with Crippen molar-refractivity contribution in [1.29, 1.82) is 0 Å². The third kappa shape index (κ3) is 9.03. The highest BCUT2D eigenvalue weighted by atomic mass is 35.5. The lowest BCUT2D eigenvalue weighted by Gasteiger charge is -2.38. The molecule has 2 atom stereocenters. The molecule has 0 bridgehead atoms. The number of carbonyl (C=O) groups excluding carboxylic acids is 1. The van der Waals surface area contributed by atoms with E-state index in [1.165, 1.54) is 45.6 Å². The Labute approximate surface area is 258 Å². The van der Waals surface area contributed by atoms with Gasteiger partial charge in [-0.05, 0) is 73.3 Å². The lowest BCUT2D eigenvalue weighted by atomic mass is 9.87. The van der Waals surface area contributed by atoms with Gasteiger partial charge < -0.3 is 34.6 Å². The minimum Gasteiger partial charge on any atom is -0.493 e. The average Bonchev–Trinajstić information content (AvgIpc) is 3.00. The van der Waals surface area contributed by atoms with Crippen LogP contribution in [0.1, 0.15) is 46.7 Å². The molecular formula is C32H41ClF2N2O6. The van der Waals surface area contributed by atoms with E-state index in [-0.39, 0.29) is 53.5 Å². The molecule has 1 fully saturated rings. The van der Waals surface area contributed by atoms with E-state index in [2.05, 4.69) is 10.2 Å². The van der Waals surface area contributed by atoms with Gasteiger partial charge in [0, 0.05) is 31.7 Å². The van der Waals surface area contributed by atoms with Gasteiger partial charge in [0.05, 0.1) is 33.5 Å². The molecule has 1 aliphatic rings. The van der Waals surface area contributed by atoms with Crippen LogP contribution in [0.25, 0.3) is 0 Å². The van der Waals surface area contributed by atoms with Gasteiger partial charge in [-0.25, -0.2) is 8.78 Å². The molecule has 43 heavy (non-hydrogen) atoms. The van der Waals surface area contributed by atoms with Crippen LogP contribution in [-0.4, -0.2) is 76.5 Å². The maximum absolute atomic E-state index is 13.6. The number of piperidine rings is 1. The van der Waals surface area contributed by atoms with Gasteiger partial charge in [0.25, 0.3) is 5.91 Å². The third-order valence-electron chi connectivity index (χ3n) is 7.70. The van der Waals surface area contributed by atoms with Crippen LogP contribution >= 0.6 is 12.4 Å². The molecule has 4 rings (SSSR count). The summed E-state index contributed by atoms with van der Waals surface area (Å²) in [5.74, 6) is 0.478. The van der Waals surface area contributed by atoms with Crippen molar-refractivity contribution in [3.05, 3.63) is 89.0 Å². The molecule has 3 N–H and O–H groups in total. The van der Waals surface area contributed by atoms with Gasteiger partial charge in [0.15, 0.2) is 11.5 Å². The summed E-state index contributed by atoms with van der Waals surface area (Å²) in [7, 11) is 6.20. The number of likely N-dealkylation sites (tertiary alicyclic amines) is 1. The Bertz CT molecular complexity index is 1230. The number of nitrogens with one attached hydrogen (secondary N) is 1. The summed E-state index contributed by atoms with van der Waals surface area (Å²) in [5.41, 5.74) is 2.41. The van der Waals surface area contributed by atoms with Crippen molar-refractivity contribution in [2.75, 3.05) is 48.1 Å². The van der Waals surface area contributed by atoms with E-state index in [1.807, 2.05) is 0 Å². The summed E-state index contributed by atoms with van der Waals surface area (Å²) < 4.78 is 49.1. The number of halogens is 3. The first kappa shape index (κ1) is 35.8. The first-order valence-electron chi connectivity index (χ1n) is 13.7. The van der Waals surface area contributed by atoms with Crippen LogP contribution in [0.4, 0.5) is 8.78 Å². The van der Waals surface area contributed by atoms with Crippen molar-refractivity contribution >= 4 is 18.3 Å².